The number of hydrogen-bond donors (Lipinski definition) is 1. The van der Waals surface area contributed by atoms with Gasteiger partial charge >= 0.3 is 5.97 Å². The maximum absolute atomic E-state index is 10.9. The molecule has 1 aliphatic rings. The summed E-state index contributed by atoms with van der Waals surface area (Å²) in [5.74, 6) is -0.394. The fourth-order valence-corrected chi connectivity index (χ4v) is 1.05. The molecule has 0 aliphatic carbocycles. The summed E-state index contributed by atoms with van der Waals surface area (Å²) in [6.07, 6.45) is 0.209. The van der Waals surface area contributed by atoms with Crippen LogP contribution in [0.5, 0.6) is 0 Å². The van der Waals surface area contributed by atoms with E-state index in [1.807, 2.05) is 0 Å². The molecule has 0 aromatic rings. The number of methoxy groups -OCH3 is 1. The van der Waals surface area contributed by atoms with Crippen molar-refractivity contribution in [2.24, 2.45) is 0 Å². The second kappa shape index (κ2) is 3.38. The average Bonchev–Trinajstić information content (AvgIpc) is 2.36. The van der Waals surface area contributed by atoms with Crippen molar-refractivity contribution in [2.75, 3.05) is 13.7 Å². The van der Waals surface area contributed by atoms with E-state index in [4.69, 9.17) is 0 Å². The number of rotatable bonds is 2. The molecule has 1 heterocycles. The normalized spacial score (nSPS) is 16.3. The molecule has 1 rings (SSSR count). The Morgan fingerprint density at radius 2 is 2.33 bits per heavy atom. The van der Waals surface area contributed by atoms with Gasteiger partial charge in [0.15, 0.2) is 0 Å². The molecule has 0 fully saturated rings. The Morgan fingerprint density at radius 3 is 2.75 bits per heavy atom. The minimum absolute atomic E-state index is 0.0890. The Labute approximate surface area is 70.6 Å². The predicted molar refractivity (Wildman–Crippen MR) is 42.3 cm³/mol. The number of esters is 1. The van der Waals surface area contributed by atoms with Crippen LogP contribution >= 0.6 is 0 Å². The lowest BCUT2D eigenvalue weighted by molar-refractivity contribution is -0.139. The van der Waals surface area contributed by atoms with Crippen molar-refractivity contribution in [2.45, 2.75) is 13.3 Å². The van der Waals surface area contributed by atoms with Crippen LogP contribution in [0.4, 0.5) is 0 Å². The third kappa shape index (κ3) is 1.64. The molecule has 4 nitrogen and oxygen atoms in total. The van der Waals surface area contributed by atoms with Gasteiger partial charge in [-0.3, -0.25) is 9.59 Å². The predicted octanol–water partition coefficient (Wildman–Crippen LogP) is -0.00420. The third-order valence-corrected chi connectivity index (χ3v) is 1.92. The van der Waals surface area contributed by atoms with E-state index >= 15 is 0 Å². The summed E-state index contributed by atoms with van der Waals surface area (Å²) in [4.78, 5) is 21.8. The minimum Gasteiger partial charge on any atom is -0.469 e. The van der Waals surface area contributed by atoms with Crippen molar-refractivity contribution in [3.05, 3.63) is 11.1 Å². The zero-order valence-electron chi connectivity index (χ0n) is 7.14. The monoisotopic (exact) mass is 169 g/mol. The van der Waals surface area contributed by atoms with Gasteiger partial charge in [-0.15, -0.1) is 0 Å². The summed E-state index contributed by atoms with van der Waals surface area (Å²) in [6, 6.07) is 0. The van der Waals surface area contributed by atoms with Gasteiger partial charge in [0.1, 0.15) is 0 Å². The van der Waals surface area contributed by atoms with Crippen molar-refractivity contribution >= 4 is 11.9 Å². The largest absolute Gasteiger partial charge is 0.469 e. The summed E-state index contributed by atoms with van der Waals surface area (Å²) >= 11 is 0. The van der Waals surface area contributed by atoms with E-state index in [1.54, 1.807) is 6.92 Å². The fourth-order valence-electron chi connectivity index (χ4n) is 1.05. The molecule has 1 amide bonds. The lowest BCUT2D eigenvalue weighted by Crippen LogP contribution is -2.16. The molecule has 0 radical (unpaired) electrons. The van der Waals surface area contributed by atoms with E-state index in [9.17, 15) is 9.59 Å². The van der Waals surface area contributed by atoms with Crippen LogP contribution in [0.25, 0.3) is 0 Å². The van der Waals surface area contributed by atoms with E-state index in [0.717, 1.165) is 5.57 Å². The molecule has 1 aliphatic heterocycles. The molecule has 0 bridgehead atoms. The summed E-state index contributed by atoms with van der Waals surface area (Å²) in [5.41, 5.74) is 1.47. The molecule has 0 atom stereocenters. The first-order valence-corrected chi connectivity index (χ1v) is 3.68. The summed E-state index contributed by atoms with van der Waals surface area (Å²) in [5, 5.41) is 2.63. The standard InChI is InChI=1S/C8H11NO3/c1-5-6(3-7(10)12-2)4-9-8(5)11/h3-4H2,1-2H3,(H,9,11). The molecule has 66 valence electrons. The van der Waals surface area contributed by atoms with Crippen LogP contribution in [0, 0.1) is 0 Å². The Balaban J connectivity index is 2.64. The van der Waals surface area contributed by atoms with Gasteiger partial charge in [-0.2, -0.15) is 0 Å². The van der Waals surface area contributed by atoms with E-state index < -0.39 is 0 Å². The molecule has 0 aromatic carbocycles. The maximum atomic E-state index is 10.9. The second-order valence-corrected chi connectivity index (χ2v) is 2.66. The molecule has 0 spiro atoms. The topological polar surface area (TPSA) is 55.4 Å². The Morgan fingerprint density at radius 1 is 1.67 bits per heavy atom. The summed E-state index contributed by atoms with van der Waals surface area (Å²) < 4.78 is 4.48. The number of hydrogen-bond acceptors (Lipinski definition) is 3. The molecular weight excluding hydrogens is 158 g/mol. The highest BCUT2D eigenvalue weighted by atomic mass is 16.5. The van der Waals surface area contributed by atoms with E-state index in [2.05, 4.69) is 10.1 Å². The van der Waals surface area contributed by atoms with Crippen LogP contribution in [-0.2, 0) is 14.3 Å². The molecule has 0 unspecified atom stereocenters. The molecule has 0 aromatic heterocycles. The summed E-state index contributed by atoms with van der Waals surface area (Å²) in [6.45, 7) is 2.18. The first kappa shape index (κ1) is 8.77. The number of nitrogens with one attached hydrogen (secondary N) is 1. The highest BCUT2D eigenvalue weighted by molar-refractivity contribution is 5.97. The van der Waals surface area contributed by atoms with Crippen molar-refractivity contribution in [3.8, 4) is 0 Å². The second-order valence-electron chi connectivity index (χ2n) is 2.66. The van der Waals surface area contributed by atoms with E-state index in [0.29, 0.717) is 12.1 Å². The van der Waals surface area contributed by atoms with Crippen LogP contribution < -0.4 is 5.32 Å². The highest BCUT2D eigenvalue weighted by Gasteiger charge is 2.20. The van der Waals surface area contributed by atoms with Crippen LogP contribution in [-0.4, -0.2) is 25.5 Å². The quantitative estimate of drug-likeness (QED) is 0.592. The maximum Gasteiger partial charge on any atom is 0.309 e. The molecular formula is C8H11NO3. The van der Waals surface area contributed by atoms with Crippen molar-refractivity contribution in [3.63, 3.8) is 0 Å². The Hall–Kier alpha value is -1.32. The lowest BCUT2D eigenvalue weighted by atomic mass is 10.1. The highest BCUT2D eigenvalue weighted by Crippen LogP contribution is 2.13. The molecule has 0 saturated heterocycles. The van der Waals surface area contributed by atoms with Gasteiger partial charge in [-0.1, -0.05) is 0 Å². The minimum atomic E-state index is -0.305. The number of carbonyl (C=O) groups excluding carboxylic acids is 2. The Kier molecular flexibility index (Phi) is 2.47. The fraction of sp³-hybridized carbons (Fsp3) is 0.500. The first-order chi connectivity index (χ1) is 5.65. The third-order valence-electron chi connectivity index (χ3n) is 1.92. The van der Waals surface area contributed by atoms with Crippen LogP contribution in [0.1, 0.15) is 13.3 Å². The zero-order chi connectivity index (χ0) is 9.14. The van der Waals surface area contributed by atoms with Gasteiger partial charge in [0.2, 0.25) is 5.91 Å². The smallest absolute Gasteiger partial charge is 0.309 e. The van der Waals surface area contributed by atoms with Gasteiger partial charge in [0, 0.05) is 12.1 Å². The number of ether oxygens (including phenoxy) is 1. The lowest BCUT2D eigenvalue weighted by Gasteiger charge is -1.99. The van der Waals surface area contributed by atoms with Crippen LogP contribution in [0.3, 0.4) is 0 Å². The van der Waals surface area contributed by atoms with Gasteiger partial charge in [-0.05, 0) is 12.5 Å². The van der Waals surface area contributed by atoms with Crippen molar-refractivity contribution < 1.29 is 14.3 Å². The number of carbonyl (C=O) groups is 2. The Bertz CT molecular complexity index is 255. The van der Waals surface area contributed by atoms with E-state index in [-0.39, 0.29) is 18.3 Å². The molecule has 4 heteroatoms. The van der Waals surface area contributed by atoms with Gasteiger partial charge in [-0.25, -0.2) is 0 Å². The zero-order valence-corrected chi connectivity index (χ0v) is 7.14. The van der Waals surface area contributed by atoms with Crippen LogP contribution in [0.15, 0.2) is 11.1 Å². The van der Waals surface area contributed by atoms with Crippen molar-refractivity contribution in [1.82, 2.24) is 5.32 Å². The summed E-state index contributed by atoms with van der Waals surface area (Å²) in [7, 11) is 1.34. The van der Waals surface area contributed by atoms with Gasteiger partial charge in [0.25, 0.3) is 0 Å². The van der Waals surface area contributed by atoms with Crippen LogP contribution in [0.2, 0.25) is 0 Å². The molecule has 12 heavy (non-hydrogen) atoms. The van der Waals surface area contributed by atoms with Gasteiger partial charge < -0.3 is 10.1 Å². The van der Waals surface area contributed by atoms with Gasteiger partial charge in [0.05, 0.1) is 13.5 Å². The van der Waals surface area contributed by atoms with E-state index in [1.165, 1.54) is 7.11 Å². The number of amides is 1. The average molecular weight is 169 g/mol. The molecule has 1 N–H and O–H groups in total. The SMILES string of the molecule is COC(=O)CC1=C(C)C(=O)NC1. The van der Waals surface area contributed by atoms with Crippen molar-refractivity contribution in [1.29, 1.82) is 0 Å². The first-order valence-electron chi connectivity index (χ1n) is 3.68. The molecule has 0 saturated carbocycles.